The Morgan fingerprint density at radius 3 is 1.79 bits per heavy atom. The van der Waals surface area contributed by atoms with Crippen LogP contribution in [0.4, 0.5) is 0 Å². The highest BCUT2D eigenvalue weighted by Gasteiger charge is 2.31. The van der Waals surface area contributed by atoms with E-state index in [1.165, 1.54) is 6.92 Å². The topological polar surface area (TPSA) is 295 Å². The zero-order valence-electron chi connectivity index (χ0n) is 24.5. The Labute approximate surface area is 245 Å². The van der Waals surface area contributed by atoms with Crippen molar-refractivity contribution in [1.82, 2.24) is 26.6 Å². The van der Waals surface area contributed by atoms with Crippen LogP contribution in [0.25, 0.3) is 0 Å². The van der Waals surface area contributed by atoms with Crippen LogP contribution >= 0.6 is 0 Å². The Morgan fingerprint density at radius 1 is 0.810 bits per heavy atom. The summed E-state index contributed by atoms with van der Waals surface area (Å²) in [5, 5.41) is 22.8. The van der Waals surface area contributed by atoms with Crippen molar-refractivity contribution in [3.8, 4) is 0 Å². The van der Waals surface area contributed by atoms with Gasteiger partial charge in [-0.15, -0.1) is 0 Å². The lowest BCUT2D eigenvalue weighted by molar-refractivity contribution is -0.143. The molecule has 42 heavy (non-hydrogen) atoms. The van der Waals surface area contributed by atoms with Crippen LogP contribution in [0, 0.1) is 5.92 Å². The number of carboxylic acids is 1. The van der Waals surface area contributed by atoms with Crippen LogP contribution in [0.1, 0.15) is 59.3 Å². The molecule has 0 aromatic rings. The molecule has 0 aromatic heterocycles. The molecule has 1 fully saturated rings. The predicted octanol–water partition coefficient (Wildman–Crippen LogP) is -3.45. The van der Waals surface area contributed by atoms with Gasteiger partial charge in [-0.1, -0.05) is 13.8 Å². The number of carbonyl (C=O) groups is 5. The summed E-state index contributed by atoms with van der Waals surface area (Å²) in [4.78, 5) is 71.2. The minimum atomic E-state index is -1.21. The molecule has 0 bridgehead atoms. The summed E-state index contributed by atoms with van der Waals surface area (Å²) in [6.45, 7) is 5.77. The third kappa shape index (κ3) is 13.5. The van der Waals surface area contributed by atoms with Gasteiger partial charge in [0.25, 0.3) is 0 Å². The third-order valence-corrected chi connectivity index (χ3v) is 6.52. The molecule has 1 rings (SSSR count). The van der Waals surface area contributed by atoms with Crippen LogP contribution in [0.15, 0.2) is 9.98 Å². The number of carbonyl (C=O) groups excluding carboxylic acids is 4. The maximum absolute atomic E-state index is 13.4. The fraction of sp³-hybridized carbons (Fsp3) is 0.720. The zero-order chi connectivity index (χ0) is 31.8. The second kappa shape index (κ2) is 18.3. The highest BCUT2D eigenvalue weighted by atomic mass is 16.4. The summed E-state index contributed by atoms with van der Waals surface area (Å²) in [7, 11) is 0. The first-order valence-corrected chi connectivity index (χ1v) is 14.0. The summed E-state index contributed by atoms with van der Waals surface area (Å²) >= 11 is 0. The van der Waals surface area contributed by atoms with E-state index in [0.29, 0.717) is 25.8 Å². The Balaban J connectivity index is 3.03. The van der Waals surface area contributed by atoms with Crippen LogP contribution < -0.4 is 49.5 Å². The van der Waals surface area contributed by atoms with E-state index in [0.717, 1.165) is 6.42 Å². The maximum Gasteiger partial charge on any atom is 0.326 e. The Morgan fingerprint density at radius 2 is 1.33 bits per heavy atom. The van der Waals surface area contributed by atoms with E-state index in [9.17, 15) is 29.1 Å². The Bertz CT molecular complexity index is 989. The summed E-state index contributed by atoms with van der Waals surface area (Å²) in [5.74, 6) is -4.18. The molecule has 4 amide bonds. The van der Waals surface area contributed by atoms with Gasteiger partial charge in [0.15, 0.2) is 11.9 Å². The second-order valence-corrected chi connectivity index (χ2v) is 10.5. The van der Waals surface area contributed by atoms with Gasteiger partial charge in [0, 0.05) is 13.1 Å². The van der Waals surface area contributed by atoms with Crippen LogP contribution in [0.2, 0.25) is 0 Å². The molecular weight excluding hydrogens is 550 g/mol. The zero-order valence-corrected chi connectivity index (χ0v) is 24.5. The lowest BCUT2D eigenvalue weighted by atomic mass is 10.0. The molecule has 17 heteroatoms. The van der Waals surface area contributed by atoms with Gasteiger partial charge in [0.1, 0.15) is 24.2 Å². The van der Waals surface area contributed by atoms with E-state index in [4.69, 9.17) is 22.9 Å². The molecule has 1 aliphatic rings. The molecule has 0 aromatic carbocycles. The van der Waals surface area contributed by atoms with Crippen LogP contribution in [0.3, 0.4) is 0 Å². The normalized spacial score (nSPS) is 17.2. The molecular formula is C25H47N11O6. The van der Waals surface area contributed by atoms with Crippen molar-refractivity contribution < 1.29 is 29.1 Å². The molecule has 14 N–H and O–H groups in total. The van der Waals surface area contributed by atoms with E-state index in [1.54, 1.807) is 13.8 Å². The molecule has 238 valence electrons. The largest absolute Gasteiger partial charge is 0.480 e. The molecule has 1 heterocycles. The number of hydrogen-bond donors (Lipinski definition) is 10. The van der Waals surface area contributed by atoms with Crippen molar-refractivity contribution in [2.75, 3.05) is 19.6 Å². The van der Waals surface area contributed by atoms with E-state index in [-0.39, 0.29) is 43.8 Å². The van der Waals surface area contributed by atoms with Gasteiger partial charge in [-0.05, 0) is 57.9 Å². The number of rotatable bonds is 18. The van der Waals surface area contributed by atoms with E-state index in [1.807, 2.05) is 0 Å². The quantitative estimate of drug-likeness (QED) is 0.0421. The van der Waals surface area contributed by atoms with Crippen molar-refractivity contribution in [3.63, 3.8) is 0 Å². The van der Waals surface area contributed by atoms with Gasteiger partial charge in [-0.2, -0.15) is 0 Å². The Hall–Kier alpha value is -4.15. The second-order valence-electron chi connectivity index (χ2n) is 10.5. The number of guanidine groups is 2. The standard InChI is InChI=1S/C25H47N11O6/c1-13(2)18(23(41)42)36-19(37)14(3)33-21(39)16(8-5-11-31-24(26)27)35-22(40)17(9-6-12-32-25(28)29)34-20(38)15-7-4-10-30-15/h13-18,30H,4-12H2,1-3H3,(H,33,39)(H,34,38)(H,35,40)(H,36,37)(H,41,42)(H4,26,27,31)(H4,28,29,32)/t14-,15-,16-,17-,18-/m0/s1. The third-order valence-electron chi connectivity index (χ3n) is 6.52. The van der Waals surface area contributed by atoms with Gasteiger partial charge in [0.2, 0.25) is 23.6 Å². The Kier molecular flexibility index (Phi) is 15.6. The number of carboxylic acid groups (broad SMARTS) is 1. The van der Waals surface area contributed by atoms with E-state index < -0.39 is 59.8 Å². The van der Waals surface area contributed by atoms with Crippen LogP contribution in [0.5, 0.6) is 0 Å². The monoisotopic (exact) mass is 597 g/mol. The number of nitrogens with two attached hydrogens (primary N) is 4. The van der Waals surface area contributed by atoms with Crippen molar-refractivity contribution in [2.24, 2.45) is 38.8 Å². The van der Waals surface area contributed by atoms with Crippen molar-refractivity contribution in [3.05, 3.63) is 0 Å². The van der Waals surface area contributed by atoms with Gasteiger partial charge < -0.3 is 54.6 Å². The lowest BCUT2D eigenvalue weighted by Gasteiger charge is -2.26. The molecule has 1 aliphatic heterocycles. The molecule has 1 saturated heterocycles. The van der Waals surface area contributed by atoms with Gasteiger partial charge in [-0.25, -0.2) is 4.79 Å². The molecule has 5 atom stereocenters. The SMILES string of the molecule is CC(C)[C@H](NC(=O)[C@H](C)NC(=O)[C@H](CCCN=C(N)N)NC(=O)[C@H](CCCN=C(N)N)NC(=O)[C@@H]1CCCN1)C(=O)O. The van der Waals surface area contributed by atoms with Crippen molar-refractivity contribution in [1.29, 1.82) is 0 Å². The molecule has 0 radical (unpaired) electrons. The predicted molar refractivity (Wildman–Crippen MR) is 157 cm³/mol. The van der Waals surface area contributed by atoms with Crippen LogP contribution in [-0.4, -0.2) is 96.5 Å². The molecule has 0 aliphatic carbocycles. The summed E-state index contributed by atoms with van der Waals surface area (Å²) in [6.07, 6.45) is 2.42. The minimum Gasteiger partial charge on any atom is -0.480 e. The van der Waals surface area contributed by atoms with Crippen molar-refractivity contribution in [2.45, 2.75) is 89.5 Å². The first kappa shape index (κ1) is 35.9. The average Bonchev–Trinajstić information content (AvgIpc) is 3.44. The molecule has 0 unspecified atom stereocenters. The minimum absolute atomic E-state index is 0.102. The smallest absolute Gasteiger partial charge is 0.326 e. The summed E-state index contributed by atoms with van der Waals surface area (Å²) in [5.41, 5.74) is 21.5. The van der Waals surface area contributed by atoms with Crippen molar-refractivity contribution >= 4 is 41.5 Å². The average molecular weight is 598 g/mol. The van der Waals surface area contributed by atoms with Crippen LogP contribution in [-0.2, 0) is 24.0 Å². The summed E-state index contributed by atoms with van der Waals surface area (Å²) in [6, 6.07) is -4.81. The highest BCUT2D eigenvalue weighted by Crippen LogP contribution is 2.08. The summed E-state index contributed by atoms with van der Waals surface area (Å²) < 4.78 is 0. The number of aliphatic carboxylic acids is 1. The fourth-order valence-corrected chi connectivity index (χ4v) is 4.17. The first-order chi connectivity index (χ1) is 19.7. The number of nitrogens with one attached hydrogen (secondary N) is 5. The number of amides is 4. The van der Waals surface area contributed by atoms with Gasteiger partial charge in [-0.3, -0.25) is 29.2 Å². The van der Waals surface area contributed by atoms with E-state index in [2.05, 4.69) is 36.6 Å². The molecule has 0 spiro atoms. The van der Waals surface area contributed by atoms with Gasteiger partial charge in [0.05, 0.1) is 6.04 Å². The first-order valence-electron chi connectivity index (χ1n) is 14.0. The lowest BCUT2D eigenvalue weighted by Crippen LogP contribution is -2.58. The number of nitrogens with zero attached hydrogens (tertiary/aromatic N) is 2. The number of hydrogen-bond acceptors (Lipinski definition) is 8. The van der Waals surface area contributed by atoms with E-state index >= 15 is 0 Å². The van der Waals surface area contributed by atoms with Gasteiger partial charge >= 0.3 is 5.97 Å². The fourth-order valence-electron chi connectivity index (χ4n) is 4.17. The maximum atomic E-state index is 13.4. The molecule has 0 saturated carbocycles. The number of aliphatic imine (C=N–C) groups is 2. The highest BCUT2D eigenvalue weighted by molar-refractivity contribution is 5.95. The molecule has 17 nitrogen and oxygen atoms in total.